The number of rotatable bonds is 0. The summed E-state index contributed by atoms with van der Waals surface area (Å²) in [5, 5.41) is 3.75. The molecule has 21 heavy (non-hydrogen) atoms. The van der Waals surface area contributed by atoms with Crippen molar-refractivity contribution in [2.75, 3.05) is 6.54 Å². The molecule has 0 radical (unpaired) electrons. The van der Waals surface area contributed by atoms with Gasteiger partial charge in [-0.05, 0) is 80.3 Å². The predicted molar refractivity (Wildman–Crippen MR) is 84.8 cm³/mol. The molecule has 2 aliphatic carbocycles. The van der Waals surface area contributed by atoms with Crippen LogP contribution >= 0.6 is 0 Å². The molecule has 1 saturated heterocycles. The van der Waals surface area contributed by atoms with Gasteiger partial charge in [-0.1, -0.05) is 6.07 Å². The molecular weight excluding hydrogens is 258 g/mol. The zero-order valence-electron chi connectivity index (χ0n) is 13.4. The maximum atomic E-state index is 12.2. The van der Waals surface area contributed by atoms with Crippen LogP contribution in [0.3, 0.4) is 0 Å². The first-order valence-electron chi connectivity index (χ1n) is 8.38. The fourth-order valence-corrected chi connectivity index (χ4v) is 5.35. The van der Waals surface area contributed by atoms with Crippen molar-refractivity contribution in [1.29, 1.82) is 0 Å². The van der Waals surface area contributed by atoms with Gasteiger partial charge in [0.15, 0.2) is 0 Å². The van der Waals surface area contributed by atoms with Crippen molar-refractivity contribution < 1.29 is 4.79 Å². The zero-order valence-corrected chi connectivity index (χ0v) is 13.4. The summed E-state index contributed by atoms with van der Waals surface area (Å²) in [7, 11) is 0. The van der Waals surface area contributed by atoms with E-state index in [0.717, 1.165) is 38.6 Å². The highest BCUT2D eigenvalue weighted by Crippen LogP contribution is 2.53. The molecule has 112 valence electrons. The average Bonchev–Trinajstić information content (AvgIpc) is 2.46. The van der Waals surface area contributed by atoms with Crippen molar-refractivity contribution in [1.82, 2.24) is 5.32 Å². The van der Waals surface area contributed by atoms with Crippen LogP contribution in [0, 0.1) is 26.7 Å². The minimum atomic E-state index is 0.141. The second kappa shape index (κ2) is 4.42. The van der Waals surface area contributed by atoms with Crippen molar-refractivity contribution >= 4 is 5.78 Å². The molecule has 1 aromatic carbocycles. The highest BCUT2D eigenvalue weighted by molar-refractivity contribution is 5.81. The summed E-state index contributed by atoms with van der Waals surface area (Å²) in [6, 6.07) is 3.00. The monoisotopic (exact) mass is 283 g/mol. The van der Waals surface area contributed by atoms with Crippen molar-refractivity contribution in [2.24, 2.45) is 5.92 Å². The van der Waals surface area contributed by atoms with Gasteiger partial charge in [0, 0.05) is 24.3 Å². The molecule has 2 nitrogen and oxygen atoms in total. The summed E-state index contributed by atoms with van der Waals surface area (Å²) in [5.74, 6) is 1.15. The molecule has 0 aromatic heterocycles. The van der Waals surface area contributed by atoms with Crippen molar-refractivity contribution in [3.05, 3.63) is 33.9 Å². The van der Waals surface area contributed by atoms with Crippen LogP contribution in [0.25, 0.3) is 0 Å². The number of hydrogen-bond acceptors (Lipinski definition) is 2. The van der Waals surface area contributed by atoms with E-state index in [1.165, 1.54) is 22.3 Å². The molecule has 2 bridgehead atoms. The number of Topliss-reactive ketones (excluding diaryl/α,β-unsaturated/α-hetero) is 1. The van der Waals surface area contributed by atoms with Gasteiger partial charge in [0.25, 0.3) is 0 Å². The highest BCUT2D eigenvalue weighted by atomic mass is 16.1. The van der Waals surface area contributed by atoms with Crippen LogP contribution < -0.4 is 5.32 Å². The molecule has 2 heteroatoms. The summed E-state index contributed by atoms with van der Waals surface area (Å²) in [5.41, 5.74) is 7.51. The van der Waals surface area contributed by atoms with Crippen LogP contribution in [0.1, 0.15) is 53.5 Å². The van der Waals surface area contributed by atoms with E-state index in [4.69, 9.17) is 0 Å². The number of benzene rings is 1. The van der Waals surface area contributed by atoms with Crippen LogP contribution in [0.2, 0.25) is 0 Å². The summed E-state index contributed by atoms with van der Waals surface area (Å²) in [6.07, 6.45) is 4.95. The molecule has 1 heterocycles. The minimum Gasteiger partial charge on any atom is -0.313 e. The quantitative estimate of drug-likeness (QED) is 0.792. The Hall–Kier alpha value is -1.15. The molecule has 1 aliphatic heterocycles. The zero-order chi connectivity index (χ0) is 14.8. The molecule has 3 aliphatic rings. The summed E-state index contributed by atoms with van der Waals surface area (Å²) >= 11 is 0. The lowest BCUT2D eigenvalue weighted by molar-refractivity contribution is -0.125. The van der Waals surface area contributed by atoms with E-state index >= 15 is 0 Å². The second-order valence-corrected chi connectivity index (χ2v) is 7.50. The fraction of sp³-hybridized carbons (Fsp3) is 0.632. The van der Waals surface area contributed by atoms with Crippen LogP contribution in [-0.2, 0) is 16.6 Å². The first-order valence-corrected chi connectivity index (χ1v) is 8.38. The second-order valence-electron chi connectivity index (χ2n) is 7.50. The van der Waals surface area contributed by atoms with Gasteiger partial charge < -0.3 is 5.32 Å². The topological polar surface area (TPSA) is 29.1 Å². The predicted octanol–water partition coefficient (Wildman–Crippen LogP) is 3.14. The minimum absolute atomic E-state index is 0.141. The lowest BCUT2D eigenvalue weighted by Crippen LogP contribution is -2.60. The van der Waals surface area contributed by atoms with Crippen molar-refractivity contribution in [3.63, 3.8) is 0 Å². The highest BCUT2D eigenvalue weighted by Gasteiger charge is 2.53. The fourth-order valence-electron chi connectivity index (χ4n) is 5.35. The van der Waals surface area contributed by atoms with Crippen LogP contribution in [0.4, 0.5) is 0 Å². The average molecular weight is 283 g/mol. The SMILES string of the molecule is Cc1cc2c(c(C)c1C)C[C@H]1NCC[C@@]23CC(=O)CC[C@@H]13. The number of carbonyl (C=O) groups is 1. The number of carbonyl (C=O) groups excluding carboxylic acids is 1. The third kappa shape index (κ3) is 1.72. The summed E-state index contributed by atoms with van der Waals surface area (Å²) in [4.78, 5) is 12.2. The maximum Gasteiger partial charge on any atom is 0.133 e. The van der Waals surface area contributed by atoms with E-state index in [9.17, 15) is 4.79 Å². The summed E-state index contributed by atoms with van der Waals surface area (Å²) in [6.45, 7) is 7.81. The molecule has 3 atom stereocenters. The number of piperidine rings is 1. The number of hydrogen-bond donors (Lipinski definition) is 1. The Morgan fingerprint density at radius 3 is 2.86 bits per heavy atom. The molecule has 4 rings (SSSR count). The molecule has 1 N–H and O–H groups in total. The molecule has 1 saturated carbocycles. The third-order valence-electron chi connectivity index (χ3n) is 6.67. The Labute approximate surface area is 127 Å². The number of fused-ring (bicyclic) bond motifs is 1. The third-order valence-corrected chi connectivity index (χ3v) is 6.67. The number of ketones is 1. The Balaban J connectivity index is 1.97. The Morgan fingerprint density at radius 2 is 2.05 bits per heavy atom. The molecule has 1 aromatic rings. The Morgan fingerprint density at radius 1 is 1.24 bits per heavy atom. The van der Waals surface area contributed by atoms with Crippen LogP contribution in [0.5, 0.6) is 0 Å². The van der Waals surface area contributed by atoms with Gasteiger partial charge in [-0.2, -0.15) is 0 Å². The number of aryl methyl sites for hydroxylation is 1. The van der Waals surface area contributed by atoms with Crippen molar-refractivity contribution in [2.45, 2.75) is 64.3 Å². The van der Waals surface area contributed by atoms with E-state index < -0.39 is 0 Å². The largest absolute Gasteiger partial charge is 0.313 e. The summed E-state index contributed by atoms with van der Waals surface area (Å²) < 4.78 is 0. The van der Waals surface area contributed by atoms with Crippen LogP contribution in [-0.4, -0.2) is 18.4 Å². The molecule has 0 amide bonds. The smallest absolute Gasteiger partial charge is 0.133 e. The van der Waals surface area contributed by atoms with E-state index in [0.29, 0.717) is 17.7 Å². The molecule has 2 fully saturated rings. The molecule has 0 spiro atoms. The van der Waals surface area contributed by atoms with E-state index in [-0.39, 0.29) is 5.41 Å². The van der Waals surface area contributed by atoms with Gasteiger partial charge in [-0.25, -0.2) is 0 Å². The van der Waals surface area contributed by atoms with E-state index in [2.05, 4.69) is 32.2 Å². The van der Waals surface area contributed by atoms with Gasteiger partial charge in [0.2, 0.25) is 0 Å². The first-order chi connectivity index (χ1) is 10.0. The number of nitrogens with one attached hydrogen (secondary N) is 1. The normalized spacial score (nSPS) is 34.3. The van der Waals surface area contributed by atoms with Crippen molar-refractivity contribution in [3.8, 4) is 0 Å². The van der Waals surface area contributed by atoms with E-state index in [1.54, 1.807) is 5.56 Å². The lowest BCUT2D eigenvalue weighted by atomic mass is 9.52. The Bertz CT molecular complexity index is 633. The van der Waals surface area contributed by atoms with Gasteiger partial charge in [-0.15, -0.1) is 0 Å². The first kappa shape index (κ1) is 13.5. The Kier molecular flexibility index (Phi) is 2.85. The molecule has 0 unspecified atom stereocenters. The van der Waals surface area contributed by atoms with Gasteiger partial charge in [0.05, 0.1) is 0 Å². The maximum absolute atomic E-state index is 12.2. The van der Waals surface area contributed by atoms with E-state index in [1.807, 2.05) is 0 Å². The van der Waals surface area contributed by atoms with Crippen LogP contribution in [0.15, 0.2) is 6.07 Å². The lowest BCUT2D eigenvalue weighted by Gasteiger charge is -2.55. The van der Waals surface area contributed by atoms with Gasteiger partial charge in [0.1, 0.15) is 5.78 Å². The van der Waals surface area contributed by atoms with Gasteiger partial charge >= 0.3 is 0 Å². The molecular formula is C19H25NO. The standard InChI is InChI=1S/C19H25NO/c1-11-8-17-15(13(3)12(11)2)9-18-16-5-4-14(21)10-19(16,17)6-7-20-18/h8,16,18,20H,4-7,9-10H2,1-3H3/t16-,18+,19-/m0/s1. The van der Waals surface area contributed by atoms with Gasteiger partial charge in [-0.3, -0.25) is 4.79 Å².